The van der Waals surface area contributed by atoms with E-state index in [0.29, 0.717) is 12.1 Å². The third-order valence-corrected chi connectivity index (χ3v) is 2.66. The van der Waals surface area contributed by atoms with Crippen LogP contribution in [0.4, 0.5) is 0 Å². The molecule has 1 heterocycles. The number of hydrogen-bond donors (Lipinski definition) is 1. The molecule has 0 fully saturated rings. The molecule has 0 spiro atoms. The third kappa shape index (κ3) is 3.77. The number of carboxylic acids is 1. The van der Waals surface area contributed by atoms with E-state index in [1.165, 1.54) is 6.21 Å². The predicted molar refractivity (Wildman–Crippen MR) is 69.9 cm³/mol. The second-order valence-corrected chi connectivity index (χ2v) is 4.23. The highest BCUT2D eigenvalue weighted by Gasteiger charge is 2.08. The molecule has 0 aliphatic rings. The molecule has 1 N–H and O–H groups in total. The normalized spacial score (nSPS) is 12.7. The Kier molecular flexibility index (Phi) is 4.07. The van der Waals surface area contributed by atoms with Crippen molar-refractivity contribution < 1.29 is 9.90 Å². The van der Waals surface area contributed by atoms with Gasteiger partial charge in [-0.25, -0.2) is 4.98 Å². The molecule has 0 radical (unpaired) electrons. The summed E-state index contributed by atoms with van der Waals surface area (Å²) in [5.41, 5.74) is 1.59. The number of carbonyl (C=O) groups excluding carboxylic acids is 1. The van der Waals surface area contributed by atoms with Crippen LogP contribution in [0.3, 0.4) is 0 Å². The molecule has 0 saturated heterocycles. The zero-order valence-corrected chi connectivity index (χ0v) is 10.5. The first kappa shape index (κ1) is 13.0. The van der Waals surface area contributed by atoms with E-state index in [4.69, 9.17) is 0 Å². The van der Waals surface area contributed by atoms with Gasteiger partial charge >= 0.3 is 0 Å². The smallest absolute Gasteiger partial charge is 0.103 e. The van der Waals surface area contributed by atoms with E-state index in [9.17, 15) is 9.90 Å². The lowest BCUT2D eigenvalue weighted by atomic mass is 10.1. The van der Waals surface area contributed by atoms with Gasteiger partial charge in [0.15, 0.2) is 0 Å². The van der Waals surface area contributed by atoms with Gasteiger partial charge in [-0.15, -0.1) is 0 Å². The highest BCUT2D eigenvalue weighted by molar-refractivity contribution is 5.81. The number of carbonyl (C=O) groups is 1. The Morgan fingerprint density at radius 2 is 2.21 bits per heavy atom. The molecule has 0 unspecified atom stereocenters. The van der Waals surface area contributed by atoms with Crippen LogP contribution in [0.2, 0.25) is 0 Å². The van der Waals surface area contributed by atoms with Crippen molar-refractivity contribution >= 4 is 12.2 Å². The maximum absolute atomic E-state index is 11.1. The van der Waals surface area contributed by atoms with Gasteiger partial charge in [0.2, 0.25) is 0 Å². The van der Waals surface area contributed by atoms with Gasteiger partial charge in [-0.2, -0.15) is 0 Å². The number of carboxylic acid groups (broad SMARTS) is 1. The van der Waals surface area contributed by atoms with E-state index >= 15 is 0 Å². The summed E-state index contributed by atoms with van der Waals surface area (Å²) >= 11 is 0. The van der Waals surface area contributed by atoms with Crippen LogP contribution in [-0.4, -0.2) is 28.2 Å². The van der Waals surface area contributed by atoms with E-state index in [1.54, 1.807) is 6.20 Å². The van der Waals surface area contributed by atoms with Crippen molar-refractivity contribution in [3.05, 3.63) is 53.6 Å². The fraction of sp³-hybridized carbons (Fsp3) is 0.214. The van der Waals surface area contributed by atoms with E-state index in [1.807, 2.05) is 37.3 Å². The molecule has 1 aromatic carbocycles. The van der Waals surface area contributed by atoms with Crippen LogP contribution in [0.25, 0.3) is 0 Å². The first-order valence-corrected chi connectivity index (χ1v) is 5.94. The fourth-order valence-electron chi connectivity index (χ4n) is 1.71. The van der Waals surface area contributed by atoms with Gasteiger partial charge in [0.1, 0.15) is 5.82 Å². The highest BCUT2D eigenvalue weighted by atomic mass is 16.4. The lowest BCUT2D eigenvalue weighted by molar-refractivity contribution is -0.307. The minimum absolute atomic E-state index is 0.312. The van der Waals surface area contributed by atoms with Gasteiger partial charge < -0.3 is 14.9 Å². The minimum atomic E-state index is -1.18. The molecule has 2 rings (SSSR count). The van der Waals surface area contributed by atoms with Gasteiger partial charge in [-0.05, 0) is 12.5 Å². The molecule has 0 aliphatic carbocycles. The van der Waals surface area contributed by atoms with E-state index in [2.05, 4.69) is 15.0 Å². The molecular formula is C14H14N3O2-. The first-order valence-electron chi connectivity index (χ1n) is 5.94. The lowest BCUT2D eigenvalue weighted by Gasteiger charge is -2.13. The standard InChI is InChI=1S/C14H15N3O2/c1-10-15-8-12(17-10)9-16-13(14(18)19)7-11-5-3-2-4-6-11/h2-6,8-9,13H,7H2,1H3,(H,15,17)(H,18,19)/p-1/t13-/m0/s1. The van der Waals surface area contributed by atoms with Crippen molar-refractivity contribution in [2.24, 2.45) is 4.99 Å². The zero-order valence-electron chi connectivity index (χ0n) is 10.5. The quantitative estimate of drug-likeness (QED) is 0.791. The van der Waals surface area contributed by atoms with Crippen molar-refractivity contribution in [1.29, 1.82) is 0 Å². The van der Waals surface area contributed by atoms with Gasteiger partial charge in [0.25, 0.3) is 0 Å². The largest absolute Gasteiger partial charge is 0.548 e. The van der Waals surface area contributed by atoms with Gasteiger partial charge in [0.05, 0.1) is 23.9 Å². The Hall–Kier alpha value is -2.43. The number of nitrogens with zero attached hydrogens (tertiary/aromatic N) is 2. The number of aromatic amines is 1. The molecule has 1 aromatic heterocycles. The molecule has 1 atom stereocenters. The summed E-state index contributed by atoms with van der Waals surface area (Å²) in [5, 5.41) is 11.1. The van der Waals surface area contributed by atoms with E-state index in [0.717, 1.165) is 11.4 Å². The Balaban J connectivity index is 2.08. The predicted octanol–water partition coefficient (Wildman–Crippen LogP) is 0.498. The van der Waals surface area contributed by atoms with Crippen LogP contribution in [0.1, 0.15) is 17.1 Å². The molecule has 0 aliphatic heterocycles. The maximum Gasteiger partial charge on any atom is 0.103 e. The summed E-state index contributed by atoms with van der Waals surface area (Å²) in [6.07, 6.45) is 3.39. The van der Waals surface area contributed by atoms with Crippen LogP contribution >= 0.6 is 0 Å². The van der Waals surface area contributed by atoms with Crippen molar-refractivity contribution in [2.45, 2.75) is 19.4 Å². The monoisotopic (exact) mass is 256 g/mol. The number of nitrogens with one attached hydrogen (secondary N) is 1. The van der Waals surface area contributed by atoms with E-state index < -0.39 is 12.0 Å². The van der Waals surface area contributed by atoms with Crippen LogP contribution in [0.15, 0.2) is 41.5 Å². The van der Waals surface area contributed by atoms with Crippen LogP contribution in [-0.2, 0) is 11.2 Å². The molecule has 0 bridgehead atoms. The topological polar surface area (TPSA) is 81.2 Å². The number of aliphatic carboxylic acids is 1. The molecule has 98 valence electrons. The molecule has 2 aromatic rings. The lowest BCUT2D eigenvalue weighted by Crippen LogP contribution is -2.36. The Labute approximate surface area is 111 Å². The van der Waals surface area contributed by atoms with Crippen LogP contribution < -0.4 is 5.11 Å². The Morgan fingerprint density at radius 3 is 2.79 bits per heavy atom. The highest BCUT2D eigenvalue weighted by Crippen LogP contribution is 2.05. The summed E-state index contributed by atoms with van der Waals surface area (Å²) in [6, 6.07) is 8.45. The summed E-state index contributed by atoms with van der Waals surface area (Å²) in [5.74, 6) is -0.425. The number of H-pyrrole nitrogens is 1. The average molecular weight is 256 g/mol. The first-order chi connectivity index (χ1) is 9.15. The second-order valence-electron chi connectivity index (χ2n) is 4.23. The zero-order chi connectivity index (χ0) is 13.7. The minimum Gasteiger partial charge on any atom is -0.548 e. The molecule has 5 heteroatoms. The molecule has 0 saturated carbocycles. The summed E-state index contributed by atoms with van der Waals surface area (Å²) in [4.78, 5) is 22.1. The van der Waals surface area contributed by atoms with Crippen molar-refractivity contribution in [3.8, 4) is 0 Å². The Bertz CT molecular complexity index is 575. The Morgan fingerprint density at radius 1 is 1.47 bits per heavy atom. The SMILES string of the molecule is Cc1ncc(C=N[C@@H](Cc2ccccc2)C(=O)[O-])[nH]1. The van der Waals surface area contributed by atoms with Gasteiger partial charge in [-0.3, -0.25) is 4.99 Å². The number of aliphatic imine (C=N–C) groups is 1. The van der Waals surface area contributed by atoms with Crippen LogP contribution in [0.5, 0.6) is 0 Å². The van der Waals surface area contributed by atoms with Crippen molar-refractivity contribution in [3.63, 3.8) is 0 Å². The number of benzene rings is 1. The fourth-order valence-corrected chi connectivity index (χ4v) is 1.71. The molecule has 0 amide bonds. The third-order valence-electron chi connectivity index (χ3n) is 2.66. The average Bonchev–Trinajstić information content (AvgIpc) is 2.81. The van der Waals surface area contributed by atoms with Gasteiger partial charge in [-0.1, -0.05) is 30.3 Å². The number of hydrogen-bond acceptors (Lipinski definition) is 4. The molecule has 19 heavy (non-hydrogen) atoms. The maximum atomic E-state index is 11.1. The van der Waals surface area contributed by atoms with Crippen LogP contribution in [0, 0.1) is 6.92 Å². The number of imidazole rings is 1. The van der Waals surface area contributed by atoms with E-state index in [-0.39, 0.29) is 0 Å². The van der Waals surface area contributed by atoms with Crippen molar-refractivity contribution in [1.82, 2.24) is 9.97 Å². The molecular weight excluding hydrogens is 242 g/mol. The summed E-state index contributed by atoms with van der Waals surface area (Å²) < 4.78 is 0. The number of rotatable bonds is 5. The molecule has 5 nitrogen and oxygen atoms in total. The van der Waals surface area contributed by atoms with Gasteiger partial charge in [0, 0.05) is 12.6 Å². The number of aromatic nitrogens is 2. The summed E-state index contributed by atoms with van der Waals surface area (Å²) in [7, 11) is 0. The van der Waals surface area contributed by atoms with Crippen molar-refractivity contribution in [2.75, 3.05) is 0 Å². The second kappa shape index (κ2) is 5.95. The summed E-state index contributed by atoms with van der Waals surface area (Å²) in [6.45, 7) is 1.82. The number of aryl methyl sites for hydroxylation is 1.